The summed E-state index contributed by atoms with van der Waals surface area (Å²) in [5.41, 5.74) is 1.79. The highest BCUT2D eigenvalue weighted by Gasteiger charge is 2.36. The van der Waals surface area contributed by atoms with Gasteiger partial charge in [0.05, 0.1) is 14.6 Å². The Morgan fingerprint density at radius 3 is 2.31 bits per heavy atom. The second kappa shape index (κ2) is 8.75. The lowest BCUT2D eigenvalue weighted by molar-refractivity contribution is -0.122. The molecule has 0 radical (unpaired) electrons. The Morgan fingerprint density at radius 1 is 1.10 bits per heavy atom. The third-order valence-electron chi connectivity index (χ3n) is 4.07. The summed E-state index contributed by atoms with van der Waals surface area (Å²) in [4.78, 5) is 38.5. The molecule has 0 aromatic heterocycles. The number of barbiturate groups is 1. The molecular weight excluding hydrogens is 504 g/mol. The van der Waals surface area contributed by atoms with E-state index >= 15 is 0 Å². The van der Waals surface area contributed by atoms with E-state index in [1.165, 1.54) is 6.08 Å². The normalized spacial score (nSPS) is 15.5. The van der Waals surface area contributed by atoms with Crippen molar-refractivity contribution in [2.24, 2.45) is 0 Å². The summed E-state index contributed by atoms with van der Waals surface area (Å²) in [5.74, 6) is -0.868. The molecule has 1 N–H and O–H groups in total. The van der Waals surface area contributed by atoms with E-state index in [-0.39, 0.29) is 5.57 Å². The van der Waals surface area contributed by atoms with Gasteiger partial charge in [0.25, 0.3) is 11.8 Å². The maximum absolute atomic E-state index is 12.9. The van der Waals surface area contributed by atoms with Crippen molar-refractivity contribution < 1.29 is 19.1 Å². The first kappa shape index (κ1) is 21.0. The zero-order valence-corrected chi connectivity index (χ0v) is 18.5. The number of anilines is 1. The molecule has 2 aromatic rings. The molecule has 1 heterocycles. The summed E-state index contributed by atoms with van der Waals surface area (Å²) >= 11 is 6.84. The van der Waals surface area contributed by atoms with E-state index in [1.807, 2.05) is 6.92 Å². The maximum atomic E-state index is 12.9. The summed E-state index contributed by atoms with van der Waals surface area (Å²) in [7, 11) is 0. The van der Waals surface area contributed by atoms with Gasteiger partial charge in [-0.15, -0.1) is 0 Å². The molecular formula is C21H16Br2N2O4. The van der Waals surface area contributed by atoms with Crippen LogP contribution in [0.15, 0.2) is 63.6 Å². The van der Waals surface area contributed by atoms with E-state index in [0.717, 1.165) is 10.5 Å². The first-order valence-corrected chi connectivity index (χ1v) is 10.1. The molecule has 1 aliphatic heterocycles. The fourth-order valence-electron chi connectivity index (χ4n) is 2.70. The molecule has 2 aromatic carbocycles. The van der Waals surface area contributed by atoms with Crippen molar-refractivity contribution in [3.63, 3.8) is 0 Å². The van der Waals surface area contributed by atoms with Crippen LogP contribution in [0, 0.1) is 6.92 Å². The highest BCUT2D eigenvalue weighted by molar-refractivity contribution is 9.11. The molecule has 0 atom stereocenters. The smallest absolute Gasteiger partial charge is 0.335 e. The van der Waals surface area contributed by atoms with Crippen LogP contribution in [0.1, 0.15) is 11.1 Å². The number of imide groups is 2. The van der Waals surface area contributed by atoms with Crippen LogP contribution in [-0.2, 0) is 9.59 Å². The lowest BCUT2D eigenvalue weighted by atomic mass is 10.1. The summed E-state index contributed by atoms with van der Waals surface area (Å²) in [6.45, 7) is 5.83. The fraction of sp³-hybridized carbons (Fsp3) is 0.0952. The first-order valence-electron chi connectivity index (χ1n) is 8.52. The van der Waals surface area contributed by atoms with E-state index in [4.69, 9.17) is 4.74 Å². The standard InChI is InChI=1S/C21H16Br2N2O4/c1-3-8-29-18-16(22)10-13(11-17(18)23)9-15-19(26)24-21(28)25(20(15)27)14-6-4-12(2)5-7-14/h3-7,9-11H,1,8H2,2H3,(H,24,26,28)/b15-9-. The van der Waals surface area contributed by atoms with E-state index in [1.54, 1.807) is 42.5 Å². The molecule has 29 heavy (non-hydrogen) atoms. The van der Waals surface area contributed by atoms with Crippen molar-refractivity contribution in [3.05, 3.63) is 74.7 Å². The lowest BCUT2D eigenvalue weighted by Gasteiger charge is -2.26. The third kappa shape index (κ3) is 4.49. The Labute approximate surface area is 184 Å². The molecule has 0 unspecified atom stereocenters. The number of nitrogens with zero attached hydrogens (tertiary/aromatic N) is 1. The average molecular weight is 520 g/mol. The zero-order chi connectivity index (χ0) is 21.1. The van der Waals surface area contributed by atoms with Gasteiger partial charge in [0, 0.05) is 0 Å². The minimum absolute atomic E-state index is 0.149. The number of urea groups is 1. The van der Waals surface area contributed by atoms with Gasteiger partial charge in [0.15, 0.2) is 0 Å². The molecule has 0 spiro atoms. The summed E-state index contributed by atoms with van der Waals surface area (Å²) in [5, 5.41) is 2.21. The van der Waals surface area contributed by atoms with Crippen molar-refractivity contribution in [2.45, 2.75) is 6.92 Å². The highest BCUT2D eigenvalue weighted by atomic mass is 79.9. The van der Waals surface area contributed by atoms with Crippen LogP contribution in [0.4, 0.5) is 10.5 Å². The number of amides is 4. The SMILES string of the molecule is C=CCOc1c(Br)cc(/C=C2/C(=O)NC(=O)N(c3ccc(C)cc3)C2=O)cc1Br. The van der Waals surface area contributed by atoms with Crippen molar-refractivity contribution >= 4 is 61.5 Å². The number of carbonyl (C=O) groups is 3. The van der Waals surface area contributed by atoms with Crippen LogP contribution in [0.5, 0.6) is 5.75 Å². The zero-order valence-electron chi connectivity index (χ0n) is 15.4. The predicted molar refractivity (Wildman–Crippen MR) is 118 cm³/mol. The van der Waals surface area contributed by atoms with Crippen molar-refractivity contribution in [1.82, 2.24) is 5.32 Å². The Kier molecular flexibility index (Phi) is 6.34. The Bertz CT molecular complexity index is 1020. The molecule has 0 saturated carbocycles. The average Bonchev–Trinajstić information content (AvgIpc) is 2.66. The highest BCUT2D eigenvalue weighted by Crippen LogP contribution is 2.35. The lowest BCUT2D eigenvalue weighted by Crippen LogP contribution is -2.54. The van der Waals surface area contributed by atoms with E-state index in [2.05, 4.69) is 43.8 Å². The number of halogens is 2. The van der Waals surface area contributed by atoms with Crippen LogP contribution < -0.4 is 15.0 Å². The molecule has 8 heteroatoms. The van der Waals surface area contributed by atoms with Gasteiger partial charge >= 0.3 is 6.03 Å². The number of nitrogens with one attached hydrogen (secondary N) is 1. The molecule has 0 bridgehead atoms. The molecule has 148 valence electrons. The van der Waals surface area contributed by atoms with Crippen LogP contribution >= 0.6 is 31.9 Å². The van der Waals surface area contributed by atoms with Gasteiger partial charge in [-0.1, -0.05) is 30.4 Å². The number of benzene rings is 2. The fourth-order valence-corrected chi connectivity index (χ4v) is 4.15. The largest absolute Gasteiger partial charge is 0.487 e. The topological polar surface area (TPSA) is 75.7 Å². The Morgan fingerprint density at radius 2 is 1.72 bits per heavy atom. The van der Waals surface area contributed by atoms with Gasteiger partial charge in [-0.05, 0) is 74.7 Å². The van der Waals surface area contributed by atoms with Gasteiger partial charge < -0.3 is 4.74 Å². The van der Waals surface area contributed by atoms with Crippen LogP contribution in [0.2, 0.25) is 0 Å². The predicted octanol–water partition coefficient (Wildman–Crippen LogP) is 4.75. The van der Waals surface area contributed by atoms with Crippen molar-refractivity contribution in [1.29, 1.82) is 0 Å². The van der Waals surface area contributed by atoms with Gasteiger partial charge in [-0.2, -0.15) is 0 Å². The Balaban J connectivity index is 1.98. The van der Waals surface area contributed by atoms with Crippen LogP contribution in [-0.4, -0.2) is 24.5 Å². The number of hydrogen-bond acceptors (Lipinski definition) is 4. The quantitative estimate of drug-likeness (QED) is 0.351. The summed E-state index contributed by atoms with van der Waals surface area (Å²) in [6.07, 6.45) is 3.05. The van der Waals surface area contributed by atoms with E-state index in [9.17, 15) is 14.4 Å². The van der Waals surface area contributed by atoms with Gasteiger partial charge in [-0.3, -0.25) is 14.9 Å². The number of hydrogen-bond donors (Lipinski definition) is 1. The monoisotopic (exact) mass is 518 g/mol. The summed E-state index contributed by atoms with van der Waals surface area (Å²) in [6, 6.07) is 9.51. The van der Waals surface area contributed by atoms with Gasteiger partial charge in [0.2, 0.25) is 0 Å². The van der Waals surface area contributed by atoms with Crippen LogP contribution in [0.25, 0.3) is 6.08 Å². The number of aryl methyl sites for hydroxylation is 1. The molecule has 0 aliphatic carbocycles. The van der Waals surface area contributed by atoms with Crippen molar-refractivity contribution in [2.75, 3.05) is 11.5 Å². The van der Waals surface area contributed by atoms with Crippen molar-refractivity contribution in [3.8, 4) is 5.75 Å². The second-order valence-corrected chi connectivity index (χ2v) is 7.92. The summed E-state index contributed by atoms with van der Waals surface area (Å²) < 4.78 is 6.84. The molecule has 4 amide bonds. The molecule has 6 nitrogen and oxygen atoms in total. The van der Waals surface area contributed by atoms with Crippen LogP contribution in [0.3, 0.4) is 0 Å². The van der Waals surface area contributed by atoms with Gasteiger partial charge in [0.1, 0.15) is 17.9 Å². The number of rotatable bonds is 5. The minimum Gasteiger partial charge on any atom is -0.487 e. The first-order chi connectivity index (χ1) is 13.8. The number of ether oxygens (including phenoxy) is 1. The molecule has 1 aliphatic rings. The van der Waals surface area contributed by atoms with Gasteiger partial charge in [-0.25, -0.2) is 9.69 Å². The maximum Gasteiger partial charge on any atom is 0.335 e. The minimum atomic E-state index is -0.781. The second-order valence-electron chi connectivity index (χ2n) is 6.21. The third-order valence-corrected chi connectivity index (χ3v) is 5.25. The Hall–Kier alpha value is -2.71. The van der Waals surface area contributed by atoms with E-state index in [0.29, 0.717) is 32.6 Å². The molecule has 3 rings (SSSR count). The number of carbonyl (C=O) groups excluding carboxylic acids is 3. The molecule has 1 fully saturated rings. The van der Waals surface area contributed by atoms with E-state index < -0.39 is 17.8 Å². The molecule has 1 saturated heterocycles.